The van der Waals surface area contributed by atoms with Crippen LogP contribution in [0.1, 0.15) is 46.5 Å². The summed E-state index contributed by atoms with van der Waals surface area (Å²) in [6.45, 7) is 8.42. The summed E-state index contributed by atoms with van der Waals surface area (Å²) in [7, 11) is -3.10. The Hall–Kier alpha value is -0.130. The lowest BCUT2D eigenvalue weighted by atomic mass is 10.0. The Bertz CT molecular complexity index is 320. The molecule has 1 unspecified atom stereocenters. The molecule has 1 atom stereocenters. The van der Waals surface area contributed by atoms with Crippen LogP contribution >= 0.6 is 0 Å². The summed E-state index contributed by atoms with van der Waals surface area (Å²) in [6.07, 6.45) is 4.18. The molecule has 1 rings (SSSR count). The summed E-state index contributed by atoms with van der Waals surface area (Å²) in [4.78, 5) is 0. The topological polar surface area (TPSA) is 49.4 Å². The lowest BCUT2D eigenvalue weighted by Crippen LogP contribution is -2.41. The fourth-order valence-electron chi connectivity index (χ4n) is 2.53. The van der Waals surface area contributed by atoms with Gasteiger partial charge in [0.1, 0.15) is 0 Å². The van der Waals surface area contributed by atoms with Gasteiger partial charge in [0.15, 0.2) is 0 Å². The van der Waals surface area contributed by atoms with Crippen molar-refractivity contribution < 1.29 is 8.42 Å². The van der Waals surface area contributed by atoms with E-state index >= 15 is 0 Å². The maximum absolute atomic E-state index is 12.4. The van der Waals surface area contributed by atoms with E-state index in [0.717, 1.165) is 32.2 Å². The van der Waals surface area contributed by atoms with E-state index in [1.807, 2.05) is 6.92 Å². The van der Waals surface area contributed by atoms with Crippen LogP contribution in [-0.4, -0.2) is 44.2 Å². The third-order valence-electron chi connectivity index (χ3n) is 3.94. The normalized spacial score (nSPS) is 21.1. The van der Waals surface area contributed by atoms with Gasteiger partial charge in [-0.15, -0.1) is 0 Å². The molecule has 0 radical (unpaired) electrons. The molecule has 1 aliphatic heterocycles. The molecule has 1 saturated heterocycles. The maximum atomic E-state index is 12.4. The predicted octanol–water partition coefficient (Wildman–Crippen LogP) is 1.83. The molecule has 0 aromatic carbocycles. The molecule has 18 heavy (non-hydrogen) atoms. The van der Waals surface area contributed by atoms with Crippen LogP contribution in [0.3, 0.4) is 0 Å². The molecular formula is C13H28N2O2S. The third-order valence-corrected chi connectivity index (χ3v) is 5.95. The first kappa shape index (κ1) is 15.9. The van der Waals surface area contributed by atoms with Crippen LogP contribution in [0.2, 0.25) is 0 Å². The van der Waals surface area contributed by atoms with Crippen molar-refractivity contribution in [3.63, 3.8) is 0 Å². The van der Waals surface area contributed by atoms with Crippen LogP contribution in [-0.2, 0) is 10.0 Å². The fraction of sp³-hybridized carbons (Fsp3) is 1.00. The van der Waals surface area contributed by atoms with Crippen LogP contribution in [0.4, 0.5) is 0 Å². The predicted molar refractivity (Wildman–Crippen MR) is 76.1 cm³/mol. The average Bonchev–Trinajstić information content (AvgIpc) is 2.82. The maximum Gasteiger partial charge on any atom is 0.215 e. The first-order valence-electron chi connectivity index (χ1n) is 7.24. The van der Waals surface area contributed by atoms with Crippen molar-refractivity contribution in [2.45, 2.75) is 52.5 Å². The number of nitrogens with zero attached hydrogens (tertiary/aromatic N) is 1. The highest BCUT2D eigenvalue weighted by Gasteiger charge is 2.27. The van der Waals surface area contributed by atoms with Gasteiger partial charge >= 0.3 is 0 Å². The van der Waals surface area contributed by atoms with Gasteiger partial charge in [0, 0.05) is 19.1 Å². The van der Waals surface area contributed by atoms with Crippen LogP contribution in [0.5, 0.6) is 0 Å². The van der Waals surface area contributed by atoms with E-state index in [9.17, 15) is 8.42 Å². The summed E-state index contributed by atoms with van der Waals surface area (Å²) in [5.74, 6) is 0.748. The molecule has 1 heterocycles. The second kappa shape index (κ2) is 7.46. The molecule has 0 aromatic heterocycles. The van der Waals surface area contributed by atoms with E-state index in [2.05, 4.69) is 19.2 Å². The van der Waals surface area contributed by atoms with Crippen molar-refractivity contribution in [2.75, 3.05) is 25.4 Å². The average molecular weight is 276 g/mol. The minimum Gasteiger partial charge on any atom is -0.313 e. The lowest BCUT2D eigenvalue weighted by molar-refractivity contribution is 0.337. The van der Waals surface area contributed by atoms with E-state index in [4.69, 9.17) is 0 Å². The van der Waals surface area contributed by atoms with E-state index in [0.29, 0.717) is 19.0 Å². The number of sulfonamides is 1. The SMILES string of the molecule is CCC(CC)CN(CC)S(=O)(=O)CC1CCCN1. The van der Waals surface area contributed by atoms with E-state index in [1.54, 1.807) is 4.31 Å². The Morgan fingerprint density at radius 1 is 1.28 bits per heavy atom. The smallest absolute Gasteiger partial charge is 0.215 e. The highest BCUT2D eigenvalue weighted by Crippen LogP contribution is 2.15. The van der Waals surface area contributed by atoms with Gasteiger partial charge in [0.25, 0.3) is 0 Å². The highest BCUT2D eigenvalue weighted by molar-refractivity contribution is 7.89. The van der Waals surface area contributed by atoms with E-state index in [-0.39, 0.29) is 11.8 Å². The first-order valence-corrected chi connectivity index (χ1v) is 8.85. The molecular weight excluding hydrogens is 248 g/mol. The summed E-state index contributed by atoms with van der Waals surface area (Å²) < 4.78 is 26.4. The number of nitrogens with one attached hydrogen (secondary N) is 1. The minimum atomic E-state index is -3.10. The largest absolute Gasteiger partial charge is 0.313 e. The van der Waals surface area contributed by atoms with Crippen molar-refractivity contribution >= 4 is 10.0 Å². The van der Waals surface area contributed by atoms with Crippen molar-refractivity contribution in [1.82, 2.24) is 9.62 Å². The van der Waals surface area contributed by atoms with Crippen LogP contribution < -0.4 is 5.32 Å². The molecule has 5 heteroatoms. The summed E-state index contributed by atoms with van der Waals surface area (Å²) >= 11 is 0. The molecule has 108 valence electrons. The Labute approximate surface area is 112 Å². The van der Waals surface area contributed by atoms with E-state index in [1.165, 1.54) is 0 Å². The number of hydrogen-bond donors (Lipinski definition) is 1. The van der Waals surface area contributed by atoms with Crippen LogP contribution in [0, 0.1) is 5.92 Å². The summed E-state index contributed by atoms with van der Waals surface area (Å²) in [6, 6.07) is 0.158. The second-order valence-electron chi connectivity index (χ2n) is 5.20. The molecule has 1 aliphatic rings. The van der Waals surface area contributed by atoms with Crippen molar-refractivity contribution in [3.05, 3.63) is 0 Å². The molecule has 0 spiro atoms. The van der Waals surface area contributed by atoms with Gasteiger partial charge in [-0.05, 0) is 25.3 Å². The second-order valence-corrected chi connectivity index (χ2v) is 7.22. The Balaban J connectivity index is 2.60. The lowest BCUT2D eigenvalue weighted by Gasteiger charge is -2.26. The van der Waals surface area contributed by atoms with Crippen LogP contribution in [0.25, 0.3) is 0 Å². The van der Waals surface area contributed by atoms with Gasteiger partial charge in [0.2, 0.25) is 10.0 Å². The van der Waals surface area contributed by atoms with Gasteiger partial charge in [0.05, 0.1) is 5.75 Å². The zero-order valence-corrected chi connectivity index (χ0v) is 12.8. The van der Waals surface area contributed by atoms with Crippen molar-refractivity contribution in [2.24, 2.45) is 5.92 Å². The monoisotopic (exact) mass is 276 g/mol. The summed E-state index contributed by atoms with van der Waals surface area (Å²) in [5.41, 5.74) is 0. The number of rotatable bonds is 8. The molecule has 1 N–H and O–H groups in total. The zero-order chi connectivity index (χ0) is 13.6. The van der Waals surface area contributed by atoms with Crippen molar-refractivity contribution in [1.29, 1.82) is 0 Å². The molecule has 1 fully saturated rings. The molecule has 4 nitrogen and oxygen atoms in total. The molecule has 0 bridgehead atoms. The molecule has 0 aromatic rings. The van der Waals surface area contributed by atoms with E-state index < -0.39 is 10.0 Å². The Morgan fingerprint density at radius 3 is 2.39 bits per heavy atom. The van der Waals surface area contributed by atoms with Gasteiger partial charge in [-0.2, -0.15) is 0 Å². The van der Waals surface area contributed by atoms with Gasteiger partial charge < -0.3 is 5.32 Å². The summed E-state index contributed by atoms with van der Waals surface area (Å²) in [5, 5.41) is 3.27. The molecule has 0 amide bonds. The zero-order valence-electron chi connectivity index (χ0n) is 12.0. The standard InChI is InChI=1S/C13H28N2O2S/c1-4-12(5-2)10-15(6-3)18(16,17)11-13-8-7-9-14-13/h12-14H,4-11H2,1-3H3. The van der Waals surface area contributed by atoms with Gasteiger partial charge in [-0.1, -0.05) is 33.6 Å². The van der Waals surface area contributed by atoms with Crippen molar-refractivity contribution in [3.8, 4) is 0 Å². The van der Waals surface area contributed by atoms with Crippen LogP contribution in [0.15, 0.2) is 0 Å². The Morgan fingerprint density at radius 2 is 1.94 bits per heavy atom. The Kier molecular flexibility index (Phi) is 6.60. The molecule has 0 aliphatic carbocycles. The first-order chi connectivity index (χ1) is 8.53. The van der Waals surface area contributed by atoms with Gasteiger partial charge in [-0.3, -0.25) is 0 Å². The number of hydrogen-bond acceptors (Lipinski definition) is 3. The quantitative estimate of drug-likeness (QED) is 0.736. The minimum absolute atomic E-state index is 0.158. The fourth-order valence-corrected chi connectivity index (χ4v) is 4.37. The van der Waals surface area contributed by atoms with Gasteiger partial charge in [-0.25, -0.2) is 12.7 Å². The highest BCUT2D eigenvalue weighted by atomic mass is 32.2. The third kappa shape index (κ3) is 4.52. The molecule has 0 saturated carbocycles.